The van der Waals surface area contributed by atoms with Crippen LogP contribution in [0.5, 0.6) is 0 Å². The number of benzene rings is 1. The molecule has 0 aliphatic carbocycles. The van der Waals surface area contributed by atoms with Crippen LogP contribution in [0.15, 0.2) is 30.6 Å². The lowest BCUT2D eigenvalue weighted by atomic mass is 10.1. The van der Waals surface area contributed by atoms with E-state index in [0.29, 0.717) is 5.69 Å². The van der Waals surface area contributed by atoms with Crippen molar-refractivity contribution in [3.05, 3.63) is 36.4 Å². The van der Waals surface area contributed by atoms with Crippen molar-refractivity contribution in [1.29, 1.82) is 0 Å². The molecular formula is C14H14FN5O2. The molecule has 1 fully saturated rings. The van der Waals surface area contributed by atoms with E-state index in [0.717, 1.165) is 0 Å². The van der Waals surface area contributed by atoms with Crippen LogP contribution in [-0.4, -0.2) is 33.1 Å². The fraction of sp³-hybridized carbons (Fsp3) is 0.286. The lowest BCUT2D eigenvalue weighted by Crippen LogP contribution is -2.28. The van der Waals surface area contributed by atoms with Gasteiger partial charge in [0.25, 0.3) is 0 Å². The molecule has 1 aromatic heterocycles. The summed E-state index contributed by atoms with van der Waals surface area (Å²) in [6.45, 7) is 0.209. The third kappa shape index (κ3) is 2.80. The number of hydrogen-bond donors (Lipinski definition) is 1. The van der Waals surface area contributed by atoms with E-state index in [1.54, 1.807) is 13.1 Å². The van der Waals surface area contributed by atoms with Crippen molar-refractivity contribution in [1.82, 2.24) is 14.8 Å². The smallest absolute Gasteiger partial charge is 0.248 e. The van der Waals surface area contributed by atoms with Crippen LogP contribution in [0, 0.1) is 11.7 Å². The van der Waals surface area contributed by atoms with E-state index in [4.69, 9.17) is 0 Å². The number of anilines is 2. The molecule has 0 bridgehead atoms. The van der Waals surface area contributed by atoms with Crippen LogP contribution in [0.1, 0.15) is 6.42 Å². The van der Waals surface area contributed by atoms with E-state index in [1.807, 2.05) is 0 Å². The van der Waals surface area contributed by atoms with Gasteiger partial charge in [0.2, 0.25) is 17.8 Å². The summed E-state index contributed by atoms with van der Waals surface area (Å²) in [6.07, 6.45) is 1.55. The molecule has 0 saturated carbocycles. The summed E-state index contributed by atoms with van der Waals surface area (Å²) < 4.78 is 14.7. The summed E-state index contributed by atoms with van der Waals surface area (Å²) in [5.41, 5.74) is 0.455. The number of aryl methyl sites for hydroxylation is 1. The van der Waals surface area contributed by atoms with Crippen LogP contribution in [-0.2, 0) is 16.6 Å². The number of aromatic nitrogens is 3. The Morgan fingerprint density at radius 2 is 2.27 bits per heavy atom. The number of amides is 2. The standard InChI is InChI=1S/C14H14FN5O2/c1-19-8-16-14(18-19)17-13(22)9-5-12(21)20(7-9)11-4-2-3-10(15)6-11/h2-4,6,8-9H,5,7H2,1H3,(H,17,18,22)/t9-/m1/s1. The first kappa shape index (κ1) is 14.2. The van der Waals surface area contributed by atoms with Gasteiger partial charge in [0, 0.05) is 25.7 Å². The first-order valence-electron chi connectivity index (χ1n) is 6.75. The maximum absolute atomic E-state index is 13.3. The van der Waals surface area contributed by atoms with Crippen molar-refractivity contribution < 1.29 is 14.0 Å². The van der Waals surface area contributed by atoms with Crippen LogP contribution >= 0.6 is 0 Å². The van der Waals surface area contributed by atoms with Crippen LogP contribution in [0.3, 0.4) is 0 Å². The van der Waals surface area contributed by atoms with E-state index < -0.39 is 11.7 Å². The normalized spacial score (nSPS) is 17.8. The van der Waals surface area contributed by atoms with Gasteiger partial charge in [-0.1, -0.05) is 6.07 Å². The van der Waals surface area contributed by atoms with Gasteiger partial charge in [0.1, 0.15) is 12.1 Å². The Hall–Kier alpha value is -2.77. The first-order chi connectivity index (χ1) is 10.5. The van der Waals surface area contributed by atoms with E-state index in [1.165, 1.54) is 34.1 Å². The Balaban J connectivity index is 1.70. The molecular weight excluding hydrogens is 289 g/mol. The predicted octanol–water partition coefficient (Wildman–Crippen LogP) is 0.946. The van der Waals surface area contributed by atoms with Gasteiger partial charge in [-0.3, -0.25) is 19.6 Å². The van der Waals surface area contributed by atoms with Gasteiger partial charge in [-0.25, -0.2) is 9.37 Å². The number of nitrogens with one attached hydrogen (secondary N) is 1. The van der Waals surface area contributed by atoms with Gasteiger partial charge in [0.05, 0.1) is 5.92 Å². The molecule has 114 valence electrons. The second kappa shape index (κ2) is 5.55. The molecule has 1 aliphatic heterocycles. The molecule has 1 N–H and O–H groups in total. The van der Waals surface area contributed by atoms with Crippen molar-refractivity contribution in [3.63, 3.8) is 0 Å². The fourth-order valence-corrected chi connectivity index (χ4v) is 2.39. The maximum Gasteiger partial charge on any atom is 0.248 e. The Bertz CT molecular complexity index is 730. The van der Waals surface area contributed by atoms with E-state index in [2.05, 4.69) is 15.4 Å². The zero-order chi connectivity index (χ0) is 15.7. The van der Waals surface area contributed by atoms with Gasteiger partial charge < -0.3 is 4.90 Å². The number of carbonyl (C=O) groups excluding carboxylic acids is 2. The van der Waals surface area contributed by atoms with Gasteiger partial charge in [-0.2, -0.15) is 0 Å². The zero-order valence-corrected chi connectivity index (χ0v) is 11.9. The molecule has 0 unspecified atom stereocenters. The third-order valence-electron chi connectivity index (χ3n) is 3.45. The lowest BCUT2D eigenvalue weighted by Gasteiger charge is -2.16. The number of halogens is 1. The topological polar surface area (TPSA) is 80.1 Å². The minimum Gasteiger partial charge on any atom is -0.311 e. The first-order valence-corrected chi connectivity index (χ1v) is 6.75. The highest BCUT2D eigenvalue weighted by molar-refractivity contribution is 6.03. The Morgan fingerprint density at radius 3 is 2.95 bits per heavy atom. The van der Waals surface area contributed by atoms with Crippen LogP contribution in [0.2, 0.25) is 0 Å². The van der Waals surface area contributed by atoms with Crippen molar-refractivity contribution in [3.8, 4) is 0 Å². The predicted molar refractivity (Wildman–Crippen MR) is 76.5 cm³/mol. The Kier molecular flexibility index (Phi) is 3.58. The zero-order valence-electron chi connectivity index (χ0n) is 11.9. The lowest BCUT2D eigenvalue weighted by molar-refractivity contribution is -0.122. The van der Waals surface area contributed by atoms with E-state index in [9.17, 15) is 14.0 Å². The van der Waals surface area contributed by atoms with Crippen molar-refractivity contribution in [2.75, 3.05) is 16.8 Å². The molecule has 1 saturated heterocycles. The van der Waals surface area contributed by atoms with Crippen molar-refractivity contribution >= 4 is 23.5 Å². The van der Waals surface area contributed by atoms with Crippen LogP contribution in [0.25, 0.3) is 0 Å². The highest BCUT2D eigenvalue weighted by atomic mass is 19.1. The molecule has 1 atom stereocenters. The van der Waals surface area contributed by atoms with E-state index >= 15 is 0 Å². The molecule has 0 radical (unpaired) electrons. The summed E-state index contributed by atoms with van der Waals surface area (Å²) in [5, 5.41) is 6.53. The van der Waals surface area contributed by atoms with Gasteiger partial charge in [0.15, 0.2) is 0 Å². The molecule has 1 aliphatic rings. The average molecular weight is 303 g/mol. The molecule has 2 heterocycles. The van der Waals surface area contributed by atoms with E-state index in [-0.39, 0.29) is 30.7 Å². The number of carbonyl (C=O) groups is 2. The number of rotatable bonds is 3. The average Bonchev–Trinajstić information content (AvgIpc) is 3.05. The second-order valence-corrected chi connectivity index (χ2v) is 5.12. The summed E-state index contributed by atoms with van der Waals surface area (Å²) in [4.78, 5) is 29.5. The number of hydrogen-bond acceptors (Lipinski definition) is 4. The Morgan fingerprint density at radius 1 is 1.45 bits per heavy atom. The largest absolute Gasteiger partial charge is 0.311 e. The molecule has 22 heavy (non-hydrogen) atoms. The second-order valence-electron chi connectivity index (χ2n) is 5.12. The minimum absolute atomic E-state index is 0.0786. The molecule has 1 aromatic carbocycles. The SMILES string of the molecule is Cn1cnc(NC(=O)[C@@H]2CC(=O)N(c3cccc(F)c3)C2)n1. The molecule has 3 rings (SSSR count). The molecule has 7 nitrogen and oxygen atoms in total. The molecule has 2 amide bonds. The summed E-state index contributed by atoms with van der Waals surface area (Å²) in [6, 6.07) is 5.75. The molecule has 8 heteroatoms. The molecule has 2 aromatic rings. The highest BCUT2D eigenvalue weighted by Gasteiger charge is 2.35. The monoisotopic (exact) mass is 303 g/mol. The quantitative estimate of drug-likeness (QED) is 0.915. The summed E-state index contributed by atoms with van der Waals surface area (Å²) >= 11 is 0. The van der Waals surface area contributed by atoms with Crippen molar-refractivity contribution in [2.45, 2.75) is 6.42 Å². The minimum atomic E-state index is -0.514. The van der Waals surface area contributed by atoms with Crippen LogP contribution < -0.4 is 10.2 Å². The van der Waals surface area contributed by atoms with Gasteiger partial charge in [-0.05, 0) is 18.2 Å². The Labute approximate surface area is 125 Å². The number of nitrogens with zero attached hydrogens (tertiary/aromatic N) is 4. The maximum atomic E-state index is 13.3. The van der Waals surface area contributed by atoms with Gasteiger partial charge >= 0.3 is 0 Å². The highest BCUT2D eigenvalue weighted by Crippen LogP contribution is 2.26. The third-order valence-corrected chi connectivity index (χ3v) is 3.45. The fourth-order valence-electron chi connectivity index (χ4n) is 2.39. The van der Waals surface area contributed by atoms with Gasteiger partial charge in [-0.15, -0.1) is 5.10 Å². The van der Waals surface area contributed by atoms with Crippen LogP contribution in [0.4, 0.5) is 16.0 Å². The van der Waals surface area contributed by atoms with Crippen molar-refractivity contribution in [2.24, 2.45) is 13.0 Å². The molecule has 0 spiro atoms. The summed E-state index contributed by atoms with van der Waals surface area (Å²) in [5.74, 6) is -1.27. The summed E-state index contributed by atoms with van der Waals surface area (Å²) in [7, 11) is 1.69.